The minimum Gasteiger partial charge on any atom is -0.493 e. The van der Waals surface area contributed by atoms with E-state index in [0.29, 0.717) is 17.1 Å². The van der Waals surface area contributed by atoms with Crippen LogP contribution in [0.4, 0.5) is 4.39 Å². The highest BCUT2D eigenvalue weighted by molar-refractivity contribution is 7.89. The molecule has 146 valence electrons. The second-order valence-electron chi connectivity index (χ2n) is 6.01. The smallest absolute Gasteiger partial charge is 0.243 e. The number of benzene rings is 2. The largest absolute Gasteiger partial charge is 0.493 e. The summed E-state index contributed by atoms with van der Waals surface area (Å²) in [5.74, 6) is 0.384. The van der Waals surface area contributed by atoms with Gasteiger partial charge < -0.3 is 14.2 Å². The van der Waals surface area contributed by atoms with Gasteiger partial charge in [0.15, 0.2) is 11.5 Å². The first kappa shape index (κ1) is 19.9. The van der Waals surface area contributed by atoms with E-state index < -0.39 is 15.8 Å². The van der Waals surface area contributed by atoms with Gasteiger partial charge in [0.2, 0.25) is 10.0 Å². The number of halogens is 2. The molecule has 0 radical (unpaired) electrons. The highest BCUT2D eigenvalue weighted by atomic mass is 35.5. The van der Waals surface area contributed by atoms with Crippen molar-refractivity contribution in [2.24, 2.45) is 0 Å². The van der Waals surface area contributed by atoms with Gasteiger partial charge >= 0.3 is 0 Å². The normalized spacial score (nSPS) is 15.4. The van der Waals surface area contributed by atoms with Gasteiger partial charge in [-0.1, -0.05) is 17.7 Å². The Labute approximate surface area is 162 Å². The molecule has 3 rings (SSSR count). The van der Waals surface area contributed by atoms with Crippen molar-refractivity contribution in [1.82, 2.24) is 4.31 Å². The van der Waals surface area contributed by atoms with Crippen molar-refractivity contribution in [2.75, 3.05) is 27.3 Å². The van der Waals surface area contributed by atoms with E-state index in [-0.39, 0.29) is 35.7 Å². The number of hydrogen-bond donors (Lipinski definition) is 0. The first-order valence-corrected chi connectivity index (χ1v) is 9.94. The maximum Gasteiger partial charge on any atom is 0.243 e. The molecule has 0 aliphatic carbocycles. The molecule has 27 heavy (non-hydrogen) atoms. The van der Waals surface area contributed by atoms with Crippen LogP contribution in [0.15, 0.2) is 41.3 Å². The second-order valence-corrected chi connectivity index (χ2v) is 8.35. The standard InChI is InChI=1S/C18H19ClFNO5S/c1-24-17-6-5-15(8-18(17)25-2)27(22,23)21-9-14(10-21)26-11-12-3-4-13(20)7-16(12)19/h3-8,14H,9-11H2,1-2H3. The number of rotatable bonds is 7. The summed E-state index contributed by atoms with van der Waals surface area (Å²) in [6.07, 6.45) is -0.249. The van der Waals surface area contributed by atoms with Crippen LogP contribution in [0.5, 0.6) is 11.5 Å². The summed E-state index contributed by atoms with van der Waals surface area (Å²) in [4.78, 5) is 0.125. The van der Waals surface area contributed by atoms with Crippen LogP contribution >= 0.6 is 11.6 Å². The lowest BCUT2D eigenvalue weighted by molar-refractivity contribution is -0.0295. The van der Waals surface area contributed by atoms with Crippen LogP contribution in [-0.4, -0.2) is 46.1 Å². The molecular formula is C18H19ClFNO5S. The molecule has 9 heteroatoms. The monoisotopic (exact) mass is 415 g/mol. The van der Waals surface area contributed by atoms with Crippen LogP contribution in [-0.2, 0) is 21.4 Å². The maximum absolute atomic E-state index is 13.1. The Bertz CT molecular complexity index is 931. The zero-order valence-corrected chi connectivity index (χ0v) is 16.4. The van der Waals surface area contributed by atoms with Crippen molar-refractivity contribution < 1.29 is 27.0 Å². The summed E-state index contributed by atoms with van der Waals surface area (Å²) >= 11 is 5.96. The third-order valence-electron chi connectivity index (χ3n) is 4.30. The van der Waals surface area contributed by atoms with Gasteiger partial charge in [-0.3, -0.25) is 0 Å². The fourth-order valence-electron chi connectivity index (χ4n) is 2.67. The average molecular weight is 416 g/mol. The summed E-state index contributed by atoms with van der Waals surface area (Å²) in [7, 11) is -0.718. The number of ether oxygens (including phenoxy) is 3. The van der Waals surface area contributed by atoms with Crippen molar-refractivity contribution in [2.45, 2.75) is 17.6 Å². The van der Waals surface area contributed by atoms with Gasteiger partial charge in [0, 0.05) is 24.2 Å². The topological polar surface area (TPSA) is 65.1 Å². The van der Waals surface area contributed by atoms with Crippen molar-refractivity contribution in [3.63, 3.8) is 0 Å². The Kier molecular flexibility index (Phi) is 5.90. The summed E-state index contributed by atoms with van der Waals surface area (Å²) in [5, 5.41) is 0.282. The molecule has 0 spiro atoms. The van der Waals surface area contributed by atoms with Gasteiger partial charge in [-0.05, 0) is 29.8 Å². The molecule has 6 nitrogen and oxygen atoms in total. The second kappa shape index (κ2) is 8.02. The third kappa shape index (κ3) is 4.19. The predicted molar refractivity (Wildman–Crippen MR) is 98.3 cm³/mol. The Morgan fingerprint density at radius 2 is 1.81 bits per heavy atom. The first-order valence-electron chi connectivity index (χ1n) is 8.13. The Morgan fingerprint density at radius 3 is 2.44 bits per heavy atom. The average Bonchev–Trinajstić information content (AvgIpc) is 2.61. The van der Waals surface area contributed by atoms with Crippen molar-refractivity contribution >= 4 is 21.6 Å². The highest BCUT2D eigenvalue weighted by Crippen LogP contribution is 2.32. The quantitative estimate of drug-likeness (QED) is 0.695. The van der Waals surface area contributed by atoms with Gasteiger partial charge in [0.05, 0.1) is 31.8 Å². The van der Waals surface area contributed by atoms with E-state index in [4.69, 9.17) is 25.8 Å². The van der Waals surface area contributed by atoms with Gasteiger partial charge in [-0.25, -0.2) is 12.8 Å². The Balaban J connectivity index is 1.61. The number of nitrogens with zero attached hydrogens (tertiary/aromatic N) is 1. The van der Waals surface area contributed by atoms with Crippen LogP contribution < -0.4 is 9.47 Å². The molecule has 1 aliphatic rings. The summed E-state index contributed by atoms with van der Waals surface area (Å²) in [6.45, 7) is 0.652. The van der Waals surface area contributed by atoms with Crippen LogP contribution in [0.3, 0.4) is 0 Å². The van der Waals surface area contributed by atoms with E-state index in [2.05, 4.69) is 0 Å². The van der Waals surface area contributed by atoms with E-state index in [1.807, 2.05) is 0 Å². The third-order valence-corrected chi connectivity index (χ3v) is 6.48. The number of methoxy groups -OCH3 is 2. The lowest BCUT2D eigenvalue weighted by Crippen LogP contribution is -2.54. The van der Waals surface area contributed by atoms with Crippen molar-refractivity contribution in [3.05, 3.63) is 52.8 Å². The van der Waals surface area contributed by atoms with E-state index in [1.54, 1.807) is 12.1 Å². The highest BCUT2D eigenvalue weighted by Gasteiger charge is 2.37. The molecule has 0 N–H and O–H groups in total. The molecule has 2 aromatic rings. The van der Waals surface area contributed by atoms with Gasteiger partial charge in [0.1, 0.15) is 5.82 Å². The summed E-state index contributed by atoms with van der Waals surface area (Å²) in [6, 6.07) is 8.53. The number of hydrogen-bond acceptors (Lipinski definition) is 5. The Morgan fingerprint density at radius 1 is 1.11 bits per heavy atom. The molecule has 0 amide bonds. The minimum absolute atomic E-state index is 0.125. The maximum atomic E-state index is 13.1. The number of sulfonamides is 1. The molecule has 0 saturated carbocycles. The van der Waals surface area contributed by atoms with Crippen molar-refractivity contribution in [3.8, 4) is 11.5 Å². The van der Waals surface area contributed by atoms with Crippen LogP contribution in [0, 0.1) is 5.82 Å². The van der Waals surface area contributed by atoms with Gasteiger partial charge in [-0.2, -0.15) is 4.31 Å². The fourth-order valence-corrected chi connectivity index (χ4v) is 4.42. The molecule has 2 aromatic carbocycles. The van der Waals surface area contributed by atoms with Crippen LogP contribution in [0.25, 0.3) is 0 Å². The zero-order chi connectivity index (χ0) is 19.6. The molecule has 0 unspecified atom stereocenters. The molecule has 1 heterocycles. The van der Waals surface area contributed by atoms with E-state index in [1.165, 1.54) is 42.8 Å². The molecule has 0 bridgehead atoms. The van der Waals surface area contributed by atoms with E-state index in [0.717, 1.165) is 0 Å². The molecule has 1 saturated heterocycles. The van der Waals surface area contributed by atoms with E-state index >= 15 is 0 Å². The molecular weight excluding hydrogens is 397 g/mol. The minimum atomic E-state index is -3.65. The summed E-state index contributed by atoms with van der Waals surface area (Å²) in [5.41, 5.74) is 0.652. The van der Waals surface area contributed by atoms with E-state index in [9.17, 15) is 12.8 Å². The predicted octanol–water partition coefficient (Wildman–Crippen LogP) is 3.09. The molecule has 1 aliphatic heterocycles. The SMILES string of the molecule is COc1ccc(S(=O)(=O)N2CC(OCc3ccc(F)cc3Cl)C2)cc1OC. The molecule has 1 fully saturated rings. The lowest BCUT2D eigenvalue weighted by atomic mass is 10.2. The lowest BCUT2D eigenvalue weighted by Gasteiger charge is -2.37. The van der Waals surface area contributed by atoms with Gasteiger partial charge in [-0.15, -0.1) is 0 Å². The van der Waals surface area contributed by atoms with Crippen LogP contribution in [0.1, 0.15) is 5.56 Å². The van der Waals surface area contributed by atoms with Crippen molar-refractivity contribution in [1.29, 1.82) is 0 Å². The van der Waals surface area contributed by atoms with Gasteiger partial charge in [0.25, 0.3) is 0 Å². The summed E-state index contributed by atoms with van der Waals surface area (Å²) < 4.78 is 55.7. The Hall–Kier alpha value is -1.87. The van der Waals surface area contributed by atoms with Crippen LogP contribution in [0.2, 0.25) is 5.02 Å². The zero-order valence-electron chi connectivity index (χ0n) is 14.8. The molecule has 0 aromatic heterocycles. The first-order chi connectivity index (χ1) is 12.8. The molecule has 0 atom stereocenters. The fraction of sp³-hybridized carbons (Fsp3) is 0.333.